The molecule has 11 heteroatoms. The molecule has 38 heavy (non-hydrogen) atoms. The summed E-state index contributed by atoms with van der Waals surface area (Å²) in [4.78, 5) is 43.0. The Labute approximate surface area is 233 Å². The number of halogens is 3. The van der Waals surface area contributed by atoms with E-state index in [9.17, 15) is 19.5 Å². The molecule has 1 aliphatic heterocycles. The molecule has 8 nitrogen and oxygen atoms in total. The second-order valence-electron chi connectivity index (χ2n) is 8.83. The van der Waals surface area contributed by atoms with Crippen LogP contribution in [-0.4, -0.2) is 40.2 Å². The van der Waals surface area contributed by atoms with E-state index in [1.165, 1.54) is 6.92 Å². The Morgan fingerprint density at radius 1 is 0.974 bits per heavy atom. The van der Waals surface area contributed by atoms with Crippen molar-refractivity contribution >= 4 is 64.0 Å². The lowest BCUT2D eigenvalue weighted by Crippen LogP contribution is -2.51. The van der Waals surface area contributed by atoms with E-state index in [0.29, 0.717) is 27.5 Å². The molecule has 0 aromatic heterocycles. The number of hydrogen-bond donors (Lipinski definition) is 3. The third-order valence-electron chi connectivity index (χ3n) is 5.97. The van der Waals surface area contributed by atoms with Crippen molar-refractivity contribution in [3.05, 3.63) is 98.5 Å². The van der Waals surface area contributed by atoms with Crippen LogP contribution in [-0.2, 0) is 20.8 Å². The number of carboxylic acid groups (broad SMARTS) is 1. The van der Waals surface area contributed by atoms with E-state index in [0.717, 1.165) is 0 Å². The van der Waals surface area contributed by atoms with Crippen molar-refractivity contribution in [1.82, 2.24) is 5.32 Å². The number of amides is 2. The number of nitrogens with zero attached hydrogens (tertiary/aromatic N) is 1. The zero-order valence-corrected chi connectivity index (χ0v) is 22.3. The molecule has 196 valence electrons. The summed E-state index contributed by atoms with van der Waals surface area (Å²) in [6.07, 6.45) is 0.124. The van der Waals surface area contributed by atoms with Gasteiger partial charge >= 0.3 is 5.97 Å². The van der Waals surface area contributed by atoms with Gasteiger partial charge < -0.3 is 20.6 Å². The quantitative estimate of drug-likeness (QED) is 0.324. The fraction of sp³-hybridized carbons (Fsp3) is 0.185. The van der Waals surface area contributed by atoms with Gasteiger partial charge in [0.05, 0.1) is 21.3 Å². The summed E-state index contributed by atoms with van der Waals surface area (Å²) in [5.74, 6) is -2.30. The number of aliphatic carboxylic acids is 1. The van der Waals surface area contributed by atoms with Crippen LogP contribution in [0.3, 0.4) is 0 Å². The first-order chi connectivity index (χ1) is 18.1. The lowest BCUT2D eigenvalue weighted by atomic mass is 9.94. The Morgan fingerprint density at radius 2 is 1.61 bits per heavy atom. The van der Waals surface area contributed by atoms with Crippen LogP contribution in [0.25, 0.3) is 0 Å². The van der Waals surface area contributed by atoms with Crippen molar-refractivity contribution in [2.75, 3.05) is 5.32 Å². The largest absolute Gasteiger partial charge is 0.480 e. The molecule has 2 amide bonds. The van der Waals surface area contributed by atoms with E-state index < -0.39 is 29.4 Å². The Morgan fingerprint density at radius 3 is 2.24 bits per heavy atom. The molecule has 2 atom stereocenters. The van der Waals surface area contributed by atoms with Gasteiger partial charge in [-0.1, -0.05) is 76.4 Å². The highest BCUT2D eigenvalue weighted by molar-refractivity contribution is 6.40. The minimum atomic E-state index is -1.39. The number of carboxylic acids is 1. The Balaban J connectivity index is 1.39. The molecule has 2 unspecified atom stereocenters. The number of oxime groups is 1. The number of carbonyl (C=O) groups excluding carboxylic acids is 2. The maximum Gasteiger partial charge on any atom is 0.326 e. The molecule has 3 aromatic rings. The molecular weight excluding hydrogens is 553 g/mol. The molecule has 0 fully saturated rings. The van der Waals surface area contributed by atoms with Crippen molar-refractivity contribution in [1.29, 1.82) is 0 Å². The monoisotopic (exact) mass is 573 g/mol. The molecule has 1 heterocycles. The molecule has 0 saturated carbocycles. The molecule has 3 N–H and O–H groups in total. The molecular formula is C27H22Cl3N3O5. The van der Waals surface area contributed by atoms with Gasteiger partial charge in [-0.25, -0.2) is 4.79 Å². The van der Waals surface area contributed by atoms with Gasteiger partial charge in [-0.3, -0.25) is 9.59 Å². The van der Waals surface area contributed by atoms with Crippen LogP contribution in [0.15, 0.2) is 71.9 Å². The topological polar surface area (TPSA) is 117 Å². The van der Waals surface area contributed by atoms with Crippen molar-refractivity contribution in [3.8, 4) is 0 Å². The van der Waals surface area contributed by atoms with Gasteiger partial charge in [-0.2, -0.15) is 0 Å². The van der Waals surface area contributed by atoms with Gasteiger partial charge in [0.2, 0.25) is 5.60 Å². The van der Waals surface area contributed by atoms with Crippen molar-refractivity contribution < 1.29 is 24.3 Å². The van der Waals surface area contributed by atoms with Crippen LogP contribution in [0.2, 0.25) is 15.1 Å². The zero-order chi connectivity index (χ0) is 27.4. The summed E-state index contributed by atoms with van der Waals surface area (Å²) in [6.45, 7) is 1.54. The number of anilines is 1. The summed E-state index contributed by atoms with van der Waals surface area (Å²) in [6, 6.07) is 17.1. The normalized spacial score (nSPS) is 17.2. The molecule has 0 spiro atoms. The van der Waals surface area contributed by atoms with E-state index in [-0.39, 0.29) is 28.5 Å². The average Bonchev–Trinajstić information content (AvgIpc) is 3.28. The lowest BCUT2D eigenvalue weighted by molar-refractivity contribution is -0.148. The van der Waals surface area contributed by atoms with E-state index >= 15 is 0 Å². The Kier molecular flexibility index (Phi) is 8.26. The Hall–Kier alpha value is -3.59. The van der Waals surface area contributed by atoms with E-state index in [1.807, 2.05) is 0 Å². The van der Waals surface area contributed by atoms with Crippen molar-refractivity contribution in [3.63, 3.8) is 0 Å². The summed E-state index contributed by atoms with van der Waals surface area (Å²) in [5, 5.41) is 19.9. The molecule has 0 bridgehead atoms. The second-order valence-corrected chi connectivity index (χ2v) is 10.1. The SMILES string of the molecule is CC1(C(=O)NC(Cc2ccc(NC(=O)c3c(Cl)cccc3Cl)cc2)C(=O)O)CC(c2ccccc2Cl)=NO1. The van der Waals surface area contributed by atoms with Crippen LogP contribution >= 0.6 is 34.8 Å². The maximum atomic E-state index is 13.0. The van der Waals surface area contributed by atoms with Gasteiger partial charge in [-0.15, -0.1) is 0 Å². The predicted octanol–water partition coefficient (Wildman–Crippen LogP) is 5.59. The standard InChI is InChI=1S/C27H22Cl3N3O5/c1-27(14-22(33-38-27)17-5-2-3-6-18(17)28)26(37)32-21(25(35)36)13-15-9-11-16(12-10-15)31-24(34)23-19(29)7-4-8-20(23)30/h2-12,21H,13-14H2,1H3,(H,31,34)(H,32,37)(H,35,36). The molecule has 4 rings (SSSR count). The minimum absolute atomic E-state index is 0.0000506. The molecule has 1 aliphatic rings. The number of benzene rings is 3. The summed E-state index contributed by atoms with van der Waals surface area (Å²) >= 11 is 18.4. The number of rotatable bonds is 8. The van der Waals surface area contributed by atoms with Crippen LogP contribution in [0, 0.1) is 0 Å². The van der Waals surface area contributed by atoms with Gasteiger partial charge in [0.25, 0.3) is 11.8 Å². The van der Waals surface area contributed by atoms with Crippen molar-refractivity contribution in [2.45, 2.75) is 31.4 Å². The third-order valence-corrected chi connectivity index (χ3v) is 6.93. The van der Waals surface area contributed by atoms with Crippen LogP contribution in [0.1, 0.15) is 34.8 Å². The first-order valence-corrected chi connectivity index (χ1v) is 12.6. The van der Waals surface area contributed by atoms with Gasteiger partial charge in [-0.05, 0) is 42.8 Å². The lowest BCUT2D eigenvalue weighted by Gasteiger charge is -2.23. The predicted molar refractivity (Wildman–Crippen MR) is 146 cm³/mol. The van der Waals surface area contributed by atoms with E-state index in [4.69, 9.17) is 39.6 Å². The third kappa shape index (κ3) is 6.10. The first-order valence-electron chi connectivity index (χ1n) is 11.5. The molecule has 0 aliphatic carbocycles. The highest BCUT2D eigenvalue weighted by Crippen LogP contribution is 2.30. The van der Waals surface area contributed by atoms with Crippen LogP contribution in [0.4, 0.5) is 5.69 Å². The molecule has 0 radical (unpaired) electrons. The molecule has 3 aromatic carbocycles. The zero-order valence-electron chi connectivity index (χ0n) is 20.0. The number of nitrogens with one attached hydrogen (secondary N) is 2. The fourth-order valence-electron chi connectivity index (χ4n) is 3.88. The smallest absolute Gasteiger partial charge is 0.326 e. The Bertz CT molecular complexity index is 1410. The van der Waals surface area contributed by atoms with E-state index in [2.05, 4.69) is 15.8 Å². The molecule has 0 saturated heterocycles. The number of carbonyl (C=O) groups is 3. The number of hydrogen-bond acceptors (Lipinski definition) is 5. The average molecular weight is 575 g/mol. The summed E-state index contributed by atoms with van der Waals surface area (Å²) in [7, 11) is 0. The van der Waals surface area contributed by atoms with Gasteiger partial charge in [0.1, 0.15) is 6.04 Å². The van der Waals surface area contributed by atoms with E-state index in [1.54, 1.807) is 66.7 Å². The second kappa shape index (κ2) is 11.4. The summed E-state index contributed by atoms with van der Waals surface area (Å²) < 4.78 is 0. The van der Waals surface area contributed by atoms with Crippen LogP contribution < -0.4 is 10.6 Å². The fourth-order valence-corrected chi connectivity index (χ4v) is 4.69. The summed E-state index contributed by atoms with van der Waals surface area (Å²) in [5.41, 5.74) is 0.980. The minimum Gasteiger partial charge on any atom is -0.480 e. The first kappa shape index (κ1) is 27.4. The van der Waals surface area contributed by atoms with Gasteiger partial charge in [0.15, 0.2) is 0 Å². The van der Waals surface area contributed by atoms with Gasteiger partial charge in [0, 0.05) is 29.1 Å². The van der Waals surface area contributed by atoms with Crippen molar-refractivity contribution in [2.24, 2.45) is 5.16 Å². The highest BCUT2D eigenvalue weighted by atomic mass is 35.5. The highest BCUT2D eigenvalue weighted by Gasteiger charge is 2.44. The van der Waals surface area contributed by atoms with Crippen LogP contribution in [0.5, 0.6) is 0 Å². The maximum absolute atomic E-state index is 13.0.